The summed E-state index contributed by atoms with van der Waals surface area (Å²) in [5.41, 5.74) is 1.85. The van der Waals surface area contributed by atoms with Crippen molar-refractivity contribution >= 4 is 46.8 Å². The molecule has 1 aromatic heterocycles. The minimum Gasteiger partial charge on any atom is -0.495 e. The van der Waals surface area contributed by atoms with Crippen LogP contribution in [0.5, 0.6) is 5.75 Å². The third kappa shape index (κ3) is 10.7. The quantitative estimate of drug-likeness (QED) is 0.125. The van der Waals surface area contributed by atoms with E-state index < -0.39 is 6.04 Å². The zero-order valence-corrected chi connectivity index (χ0v) is 34.7. The Hall–Kier alpha value is -4.46. The van der Waals surface area contributed by atoms with Crippen molar-refractivity contribution in [1.82, 2.24) is 25.5 Å². The molecular formula is C43H64N8O6. The fourth-order valence-electron chi connectivity index (χ4n) is 8.89. The molecule has 2 aliphatic heterocycles. The number of hydrogen-bond acceptors (Lipinski definition) is 11. The molecule has 0 spiro atoms. The summed E-state index contributed by atoms with van der Waals surface area (Å²) >= 11 is 0. The number of nitrogens with zero attached hydrogens (tertiary/aromatic N) is 5. The fraction of sp³-hybridized carbons (Fsp3) is 0.674. The molecule has 14 heteroatoms. The largest absolute Gasteiger partial charge is 0.495 e. The molecule has 312 valence electrons. The van der Waals surface area contributed by atoms with Crippen LogP contribution in [0.1, 0.15) is 127 Å². The van der Waals surface area contributed by atoms with Gasteiger partial charge in [0.05, 0.1) is 19.0 Å². The van der Waals surface area contributed by atoms with Crippen LogP contribution in [-0.2, 0) is 19.1 Å². The van der Waals surface area contributed by atoms with Crippen molar-refractivity contribution in [1.29, 1.82) is 0 Å². The van der Waals surface area contributed by atoms with Crippen molar-refractivity contribution in [2.45, 2.75) is 147 Å². The van der Waals surface area contributed by atoms with Gasteiger partial charge < -0.3 is 40.1 Å². The second-order valence-electron chi connectivity index (χ2n) is 16.7. The molecule has 0 radical (unpaired) electrons. The van der Waals surface area contributed by atoms with E-state index in [0.717, 1.165) is 103 Å². The summed E-state index contributed by atoms with van der Waals surface area (Å²) < 4.78 is 11.4. The highest BCUT2D eigenvalue weighted by Crippen LogP contribution is 2.40. The highest BCUT2D eigenvalue weighted by molar-refractivity contribution is 6.04. The van der Waals surface area contributed by atoms with E-state index in [1.54, 1.807) is 37.4 Å². The van der Waals surface area contributed by atoms with Gasteiger partial charge in [0.2, 0.25) is 17.8 Å². The predicted molar refractivity (Wildman–Crippen MR) is 221 cm³/mol. The second-order valence-corrected chi connectivity index (χ2v) is 16.7. The predicted octanol–water partition coefficient (Wildman–Crippen LogP) is 6.11. The summed E-state index contributed by atoms with van der Waals surface area (Å²) in [7, 11) is 3.36. The molecule has 2 aliphatic carbocycles. The zero-order valence-electron chi connectivity index (χ0n) is 34.7. The van der Waals surface area contributed by atoms with E-state index in [1.807, 2.05) is 26.8 Å². The number of anilines is 4. The van der Waals surface area contributed by atoms with Crippen molar-refractivity contribution in [2.75, 3.05) is 48.9 Å². The normalized spacial score (nSPS) is 20.1. The van der Waals surface area contributed by atoms with Gasteiger partial charge in [0, 0.05) is 44.2 Å². The Balaban J connectivity index is 0.954. The molecule has 3 N–H and O–H groups in total. The lowest BCUT2D eigenvalue weighted by atomic mass is 10.0. The number of ether oxygens (including phenoxy) is 2. The summed E-state index contributed by atoms with van der Waals surface area (Å²) in [6.45, 7) is 8.77. The standard InChI is InChI=1S/C43H64N8O6/c1-6-35-41(54)49(4)36-27-44-43(48-39(36)51(35)31-13-7-8-14-31)47-33-19-18-29(26-37(33)56-5)40(53)45-30-20-23-50(24-21-30)22-12-11-17-38(52)46-34(25-28(2)3)42(55)57-32-15-9-10-16-32/h18-19,26-28,30-32,34-35H,6-17,20-25H2,1-5H3,(H,45,53)(H,46,52)(H,44,47,48)/t34-,35+/m1/s1. The van der Waals surface area contributed by atoms with Crippen molar-refractivity contribution in [3.63, 3.8) is 0 Å². The number of likely N-dealkylation sites (N-methyl/N-ethyl adjacent to an activating group) is 1. The number of amides is 3. The number of carbonyl (C=O) groups excluding carboxylic acids is 4. The van der Waals surface area contributed by atoms with Gasteiger partial charge in [-0.3, -0.25) is 14.4 Å². The Morgan fingerprint density at radius 2 is 1.70 bits per heavy atom. The number of aromatic nitrogens is 2. The highest BCUT2D eigenvalue weighted by Gasteiger charge is 2.41. The fourth-order valence-corrected chi connectivity index (χ4v) is 8.89. The molecule has 3 amide bonds. The maximum Gasteiger partial charge on any atom is 0.328 e. The first-order chi connectivity index (χ1) is 27.5. The van der Waals surface area contributed by atoms with Gasteiger partial charge in [0.15, 0.2) is 5.82 Å². The number of benzene rings is 1. The molecule has 2 aromatic rings. The van der Waals surface area contributed by atoms with E-state index >= 15 is 0 Å². The number of piperidine rings is 1. The molecule has 14 nitrogen and oxygen atoms in total. The monoisotopic (exact) mass is 788 g/mol. The van der Waals surface area contributed by atoms with E-state index in [4.69, 9.17) is 14.5 Å². The molecule has 0 unspecified atom stereocenters. The van der Waals surface area contributed by atoms with E-state index in [0.29, 0.717) is 47.9 Å². The van der Waals surface area contributed by atoms with Crippen LogP contribution in [0.15, 0.2) is 24.4 Å². The second kappa shape index (κ2) is 19.8. The van der Waals surface area contributed by atoms with Gasteiger partial charge in [-0.2, -0.15) is 4.98 Å². The first-order valence-corrected chi connectivity index (χ1v) is 21.5. The smallest absolute Gasteiger partial charge is 0.328 e. The number of methoxy groups -OCH3 is 1. The SMILES string of the molecule is CC[C@H]1C(=O)N(C)c2cnc(Nc3ccc(C(=O)NC4CCN(CCCCC(=O)N[C@H](CC(C)C)C(=O)OC5CCCC5)CC4)cc3OC)nc2N1C1CCCC1. The Bertz CT molecular complexity index is 1700. The Morgan fingerprint density at radius 3 is 2.39 bits per heavy atom. The molecule has 1 saturated heterocycles. The van der Waals surface area contributed by atoms with Gasteiger partial charge in [-0.25, -0.2) is 9.78 Å². The Labute approximate surface area is 338 Å². The lowest BCUT2D eigenvalue weighted by molar-refractivity contribution is -0.153. The van der Waals surface area contributed by atoms with Gasteiger partial charge in [0.1, 0.15) is 29.6 Å². The number of carbonyl (C=O) groups is 4. The lowest BCUT2D eigenvalue weighted by Gasteiger charge is -2.43. The van der Waals surface area contributed by atoms with Crippen LogP contribution in [0, 0.1) is 5.92 Å². The van der Waals surface area contributed by atoms with Crippen LogP contribution in [0.4, 0.5) is 23.1 Å². The Morgan fingerprint density at radius 1 is 0.982 bits per heavy atom. The number of nitrogens with one attached hydrogen (secondary N) is 3. The van der Waals surface area contributed by atoms with Gasteiger partial charge in [0.25, 0.3) is 5.91 Å². The summed E-state index contributed by atoms with van der Waals surface area (Å²) in [6, 6.07) is 4.81. The van der Waals surface area contributed by atoms with E-state index in [-0.39, 0.29) is 53.8 Å². The number of hydrogen-bond donors (Lipinski definition) is 3. The molecule has 4 aliphatic rings. The van der Waals surface area contributed by atoms with Crippen LogP contribution in [0.2, 0.25) is 0 Å². The average Bonchev–Trinajstić information content (AvgIpc) is 3.93. The first kappa shape index (κ1) is 42.2. The highest BCUT2D eigenvalue weighted by atomic mass is 16.5. The van der Waals surface area contributed by atoms with Crippen LogP contribution >= 0.6 is 0 Å². The van der Waals surface area contributed by atoms with Crippen molar-refractivity contribution < 1.29 is 28.7 Å². The minimum atomic E-state index is -0.587. The molecule has 3 heterocycles. The van der Waals surface area contributed by atoms with Crippen LogP contribution in [0.3, 0.4) is 0 Å². The number of fused-ring (bicyclic) bond motifs is 1. The summed E-state index contributed by atoms with van der Waals surface area (Å²) in [5.74, 6) is 1.46. The van der Waals surface area contributed by atoms with Crippen LogP contribution in [-0.4, -0.2) is 103 Å². The van der Waals surface area contributed by atoms with Crippen molar-refractivity contribution in [3.8, 4) is 5.75 Å². The molecule has 3 fully saturated rings. The molecule has 0 bridgehead atoms. The van der Waals surface area contributed by atoms with E-state index in [2.05, 4.69) is 30.7 Å². The third-order valence-electron chi connectivity index (χ3n) is 12.1. The van der Waals surface area contributed by atoms with E-state index in [1.165, 1.54) is 0 Å². The van der Waals surface area contributed by atoms with Crippen molar-refractivity contribution in [3.05, 3.63) is 30.0 Å². The zero-order chi connectivity index (χ0) is 40.5. The number of unbranched alkanes of at least 4 members (excludes halogenated alkanes) is 1. The summed E-state index contributed by atoms with van der Waals surface area (Å²) in [5, 5.41) is 9.46. The minimum absolute atomic E-state index is 0.0113. The van der Waals surface area contributed by atoms with Gasteiger partial charge >= 0.3 is 5.97 Å². The molecule has 57 heavy (non-hydrogen) atoms. The van der Waals surface area contributed by atoms with Crippen LogP contribution < -0.4 is 30.5 Å². The molecule has 1 aromatic carbocycles. The summed E-state index contributed by atoms with van der Waals surface area (Å²) in [4.78, 5) is 68.0. The Kier molecular flexibility index (Phi) is 14.6. The summed E-state index contributed by atoms with van der Waals surface area (Å²) in [6.07, 6.45) is 15.1. The maximum absolute atomic E-state index is 13.4. The molecule has 2 atom stereocenters. The van der Waals surface area contributed by atoms with Gasteiger partial charge in [-0.15, -0.1) is 0 Å². The van der Waals surface area contributed by atoms with E-state index in [9.17, 15) is 19.2 Å². The average molecular weight is 789 g/mol. The number of likely N-dealkylation sites (tertiary alicyclic amines) is 1. The number of rotatable bonds is 17. The molecule has 6 rings (SSSR count). The molecule has 2 saturated carbocycles. The third-order valence-corrected chi connectivity index (χ3v) is 12.1. The van der Waals surface area contributed by atoms with Crippen molar-refractivity contribution in [2.24, 2.45) is 5.92 Å². The first-order valence-electron chi connectivity index (χ1n) is 21.5. The number of esters is 1. The molecular weight excluding hydrogens is 725 g/mol. The maximum atomic E-state index is 13.4. The van der Waals surface area contributed by atoms with Gasteiger partial charge in [-0.1, -0.05) is 33.6 Å². The topological polar surface area (TPSA) is 158 Å². The lowest BCUT2D eigenvalue weighted by Crippen LogP contribution is -2.55. The van der Waals surface area contributed by atoms with Crippen LogP contribution in [0.25, 0.3) is 0 Å². The van der Waals surface area contributed by atoms with Gasteiger partial charge in [-0.05, 0) is 108 Å².